The van der Waals surface area contributed by atoms with Crippen LogP contribution < -0.4 is 11.0 Å². The van der Waals surface area contributed by atoms with Gasteiger partial charge in [-0.05, 0) is 25.7 Å². The van der Waals surface area contributed by atoms with Gasteiger partial charge in [0.1, 0.15) is 16.8 Å². The molecule has 6 heteroatoms. The largest absolute Gasteiger partial charge is 0.304 e. The third-order valence-corrected chi connectivity index (χ3v) is 7.15. The molecule has 6 nitrogen and oxygen atoms in total. The number of benzene rings is 1. The van der Waals surface area contributed by atoms with Gasteiger partial charge in [-0.15, -0.1) is 17.1 Å². The molecule has 1 fully saturated rings. The standard InChI is InChI=1S/C25H34N6/c1-4-24(5-2,6-3)30-20-23(27-29-30)25(17-13-8-7-9-14-18-25)31-19-22(26-28-31)21-15-11-10-12-16-21/h1,10-12,15-16,19-20,27,29H,5-9,13-14,17-18H2,2-3H3. The summed E-state index contributed by atoms with van der Waals surface area (Å²) in [7, 11) is 0. The predicted octanol–water partition coefficient (Wildman–Crippen LogP) is 4.74. The van der Waals surface area contributed by atoms with E-state index < -0.39 is 0 Å². The van der Waals surface area contributed by atoms with E-state index in [9.17, 15) is 0 Å². The molecule has 0 amide bonds. The number of rotatable bonds is 6. The zero-order valence-corrected chi connectivity index (χ0v) is 18.8. The van der Waals surface area contributed by atoms with Crippen LogP contribution in [0.1, 0.15) is 71.6 Å². The van der Waals surface area contributed by atoms with Crippen molar-refractivity contribution in [2.24, 2.45) is 0 Å². The molecule has 1 aliphatic carbocycles. The van der Waals surface area contributed by atoms with E-state index >= 15 is 0 Å². The van der Waals surface area contributed by atoms with E-state index in [0.717, 1.165) is 42.6 Å². The molecule has 0 atom stereocenters. The average molecular weight is 419 g/mol. The summed E-state index contributed by atoms with van der Waals surface area (Å²) in [6.45, 7) is 4.29. The van der Waals surface area contributed by atoms with Crippen molar-refractivity contribution < 1.29 is 0 Å². The van der Waals surface area contributed by atoms with E-state index in [2.05, 4.69) is 75.3 Å². The number of hydrazine groups is 2. The summed E-state index contributed by atoms with van der Waals surface area (Å²) >= 11 is 0. The fourth-order valence-electron chi connectivity index (χ4n) is 4.97. The molecule has 0 radical (unpaired) electrons. The van der Waals surface area contributed by atoms with E-state index in [1.807, 2.05) is 18.2 Å². The van der Waals surface area contributed by atoms with Crippen LogP contribution in [0.25, 0.3) is 11.3 Å². The number of nitrogens with one attached hydrogen (secondary N) is 2. The van der Waals surface area contributed by atoms with Crippen LogP contribution in [-0.4, -0.2) is 25.5 Å². The van der Waals surface area contributed by atoms with Crippen LogP contribution in [0.5, 0.6) is 0 Å². The van der Waals surface area contributed by atoms with Crippen LogP contribution in [-0.2, 0) is 5.54 Å². The fourth-order valence-corrected chi connectivity index (χ4v) is 4.97. The first-order valence-electron chi connectivity index (χ1n) is 11.7. The lowest BCUT2D eigenvalue weighted by Gasteiger charge is -2.36. The van der Waals surface area contributed by atoms with E-state index in [-0.39, 0.29) is 11.1 Å². The normalized spacial score (nSPS) is 19.1. The number of hydrogen-bond acceptors (Lipinski definition) is 5. The lowest BCUT2D eigenvalue weighted by atomic mass is 9.81. The van der Waals surface area contributed by atoms with Crippen molar-refractivity contribution in [3.8, 4) is 23.6 Å². The quantitative estimate of drug-likeness (QED) is 0.664. The van der Waals surface area contributed by atoms with Gasteiger partial charge in [0.15, 0.2) is 0 Å². The third-order valence-electron chi connectivity index (χ3n) is 7.15. The van der Waals surface area contributed by atoms with Gasteiger partial charge in [0.2, 0.25) is 0 Å². The van der Waals surface area contributed by atoms with Gasteiger partial charge >= 0.3 is 0 Å². The summed E-state index contributed by atoms with van der Waals surface area (Å²) in [5.41, 5.74) is 9.34. The van der Waals surface area contributed by atoms with Crippen molar-refractivity contribution >= 4 is 0 Å². The maximum Gasteiger partial charge on any atom is 0.117 e. The first-order chi connectivity index (χ1) is 15.2. The molecule has 2 heterocycles. The minimum atomic E-state index is -0.352. The van der Waals surface area contributed by atoms with Gasteiger partial charge in [-0.25, -0.2) is 4.68 Å². The molecule has 0 saturated heterocycles. The second-order valence-corrected chi connectivity index (χ2v) is 8.75. The monoisotopic (exact) mass is 418 g/mol. The topological polar surface area (TPSA) is 58.0 Å². The average Bonchev–Trinajstić information content (AvgIpc) is 3.48. The van der Waals surface area contributed by atoms with Crippen molar-refractivity contribution in [1.82, 2.24) is 31.0 Å². The Labute approximate surface area is 186 Å². The molecular weight excluding hydrogens is 384 g/mol. The van der Waals surface area contributed by atoms with Gasteiger partial charge in [-0.1, -0.05) is 87.4 Å². The summed E-state index contributed by atoms with van der Waals surface area (Å²) < 4.78 is 2.10. The molecule has 0 unspecified atom stereocenters. The zero-order valence-electron chi connectivity index (χ0n) is 18.8. The maximum atomic E-state index is 5.97. The number of hydrogen-bond donors (Lipinski definition) is 2. The molecule has 1 aliphatic heterocycles. The fraction of sp³-hybridized carbons (Fsp3) is 0.520. The highest BCUT2D eigenvalue weighted by Gasteiger charge is 2.42. The Balaban J connectivity index is 1.74. The van der Waals surface area contributed by atoms with Crippen LogP contribution in [0.2, 0.25) is 0 Å². The van der Waals surface area contributed by atoms with E-state index in [1.54, 1.807) is 0 Å². The van der Waals surface area contributed by atoms with Crippen LogP contribution >= 0.6 is 0 Å². The van der Waals surface area contributed by atoms with Crippen molar-refractivity contribution in [3.05, 3.63) is 48.4 Å². The smallest absolute Gasteiger partial charge is 0.117 e. The molecule has 4 rings (SSSR count). The lowest BCUT2D eigenvalue weighted by Crippen LogP contribution is -2.52. The van der Waals surface area contributed by atoms with Crippen LogP contribution in [0.15, 0.2) is 48.4 Å². The summed E-state index contributed by atoms with van der Waals surface area (Å²) in [6, 6.07) is 10.3. The Hall–Kier alpha value is -2.78. The maximum absolute atomic E-state index is 5.97. The van der Waals surface area contributed by atoms with Crippen molar-refractivity contribution in [3.63, 3.8) is 0 Å². The second-order valence-electron chi connectivity index (χ2n) is 8.75. The Morgan fingerprint density at radius 3 is 2.39 bits per heavy atom. The third kappa shape index (κ3) is 3.95. The second kappa shape index (κ2) is 9.15. The molecule has 2 N–H and O–H groups in total. The minimum Gasteiger partial charge on any atom is -0.304 e. The Morgan fingerprint density at radius 2 is 1.74 bits per heavy atom. The highest BCUT2D eigenvalue weighted by Crippen LogP contribution is 2.40. The molecule has 1 aromatic carbocycles. The van der Waals surface area contributed by atoms with Gasteiger partial charge in [0.05, 0.1) is 11.9 Å². The van der Waals surface area contributed by atoms with E-state index in [4.69, 9.17) is 6.42 Å². The Morgan fingerprint density at radius 1 is 1.06 bits per heavy atom. The molecule has 1 aromatic heterocycles. The summed E-state index contributed by atoms with van der Waals surface area (Å²) in [4.78, 5) is 0. The molecule has 164 valence electrons. The lowest BCUT2D eigenvalue weighted by molar-refractivity contribution is 0.128. The van der Waals surface area contributed by atoms with Crippen molar-refractivity contribution in [2.75, 3.05) is 0 Å². The Bertz CT molecular complexity index is 926. The summed E-state index contributed by atoms with van der Waals surface area (Å²) in [5, 5.41) is 11.3. The first-order valence-corrected chi connectivity index (χ1v) is 11.7. The van der Waals surface area contributed by atoms with Crippen LogP contribution in [0.3, 0.4) is 0 Å². The molecular formula is C25H34N6. The summed E-state index contributed by atoms with van der Waals surface area (Å²) in [5.74, 6) is 3.02. The number of allylic oxidation sites excluding steroid dienone is 1. The highest BCUT2D eigenvalue weighted by atomic mass is 15.7. The van der Waals surface area contributed by atoms with Gasteiger partial charge in [-0.3, -0.25) is 5.01 Å². The summed E-state index contributed by atoms with van der Waals surface area (Å²) in [6.07, 6.45) is 20.2. The minimum absolute atomic E-state index is 0.260. The van der Waals surface area contributed by atoms with E-state index in [0.29, 0.717) is 0 Å². The molecule has 0 spiro atoms. The molecule has 1 saturated carbocycles. The number of nitrogens with zero attached hydrogens (tertiary/aromatic N) is 4. The van der Waals surface area contributed by atoms with Gasteiger partial charge in [-0.2, -0.15) is 0 Å². The Kier molecular flexibility index (Phi) is 6.33. The van der Waals surface area contributed by atoms with Crippen molar-refractivity contribution in [2.45, 2.75) is 82.7 Å². The highest BCUT2D eigenvalue weighted by molar-refractivity contribution is 5.57. The SMILES string of the molecule is C#CC(CC)(CC)N1C=C(C2(n3cc(-c4ccccc4)nn3)CCCCCCC2)NN1. The van der Waals surface area contributed by atoms with Crippen LogP contribution in [0, 0.1) is 12.3 Å². The van der Waals surface area contributed by atoms with E-state index in [1.165, 1.54) is 32.1 Å². The first kappa shape index (κ1) is 21.5. The van der Waals surface area contributed by atoms with Crippen molar-refractivity contribution in [1.29, 1.82) is 0 Å². The van der Waals surface area contributed by atoms with Crippen LogP contribution in [0.4, 0.5) is 0 Å². The molecule has 31 heavy (non-hydrogen) atoms. The van der Waals surface area contributed by atoms with Gasteiger partial charge < -0.3 is 5.43 Å². The zero-order chi connectivity index (χ0) is 21.7. The van der Waals surface area contributed by atoms with Gasteiger partial charge in [0, 0.05) is 11.8 Å². The number of terminal acetylenes is 1. The molecule has 0 bridgehead atoms. The molecule has 2 aromatic rings. The molecule has 2 aliphatic rings. The number of aromatic nitrogens is 3. The van der Waals surface area contributed by atoms with Gasteiger partial charge in [0.25, 0.3) is 0 Å². The predicted molar refractivity (Wildman–Crippen MR) is 124 cm³/mol.